The molecule has 0 heterocycles. The third-order valence-electron chi connectivity index (χ3n) is 2.39. The predicted octanol–water partition coefficient (Wildman–Crippen LogP) is 1.82. The van der Waals surface area contributed by atoms with Gasteiger partial charge in [0.25, 0.3) is 0 Å². The van der Waals surface area contributed by atoms with E-state index in [1.807, 2.05) is 6.92 Å². The van der Waals surface area contributed by atoms with Crippen LogP contribution in [0.25, 0.3) is 0 Å². The van der Waals surface area contributed by atoms with Crippen molar-refractivity contribution in [3.63, 3.8) is 0 Å². The third-order valence-corrected chi connectivity index (χ3v) is 2.39. The summed E-state index contributed by atoms with van der Waals surface area (Å²) in [6.45, 7) is 10.9. The van der Waals surface area contributed by atoms with Crippen LogP contribution in [0.4, 0.5) is 0 Å². The molecule has 1 N–H and O–H groups in total. The number of nitrogens with one attached hydrogen (secondary N) is 1. The molecular formula is C11H25NO2. The van der Waals surface area contributed by atoms with Gasteiger partial charge in [0.15, 0.2) is 0 Å². The fraction of sp³-hybridized carbons (Fsp3) is 1.00. The van der Waals surface area contributed by atoms with Crippen LogP contribution in [0.1, 0.15) is 34.1 Å². The first-order valence-corrected chi connectivity index (χ1v) is 5.37. The molecule has 0 rings (SSSR count). The lowest BCUT2D eigenvalue weighted by Gasteiger charge is -2.24. The predicted molar refractivity (Wildman–Crippen MR) is 59.7 cm³/mol. The Morgan fingerprint density at radius 1 is 1.36 bits per heavy atom. The smallest absolute Gasteiger partial charge is 0.0780 e. The largest absolute Gasteiger partial charge is 0.382 e. The molecule has 3 heteroatoms. The van der Waals surface area contributed by atoms with E-state index in [9.17, 15) is 0 Å². The van der Waals surface area contributed by atoms with E-state index in [1.165, 1.54) is 0 Å². The highest BCUT2D eigenvalue weighted by atomic mass is 16.5. The van der Waals surface area contributed by atoms with Crippen molar-refractivity contribution in [3.05, 3.63) is 0 Å². The summed E-state index contributed by atoms with van der Waals surface area (Å²) in [7, 11) is 1.69. The minimum absolute atomic E-state index is 0.187. The Kier molecular flexibility index (Phi) is 7.15. The van der Waals surface area contributed by atoms with Gasteiger partial charge in [-0.25, -0.2) is 0 Å². The Labute approximate surface area is 88.2 Å². The molecule has 14 heavy (non-hydrogen) atoms. The molecule has 1 unspecified atom stereocenters. The van der Waals surface area contributed by atoms with Crippen molar-refractivity contribution < 1.29 is 9.47 Å². The maximum Gasteiger partial charge on any atom is 0.0780 e. The molecule has 0 aromatic carbocycles. The molecular weight excluding hydrogens is 178 g/mol. The van der Waals surface area contributed by atoms with Gasteiger partial charge < -0.3 is 14.8 Å². The van der Waals surface area contributed by atoms with Crippen LogP contribution in [-0.2, 0) is 9.47 Å². The van der Waals surface area contributed by atoms with Gasteiger partial charge in [0, 0.05) is 19.2 Å². The Morgan fingerprint density at radius 3 is 2.50 bits per heavy atom. The summed E-state index contributed by atoms with van der Waals surface area (Å²) in [6.07, 6.45) is 1.31. The zero-order valence-corrected chi connectivity index (χ0v) is 10.2. The summed E-state index contributed by atoms with van der Waals surface area (Å²) in [5.41, 5.74) is 0.216. The topological polar surface area (TPSA) is 30.5 Å². The van der Waals surface area contributed by atoms with Crippen molar-refractivity contribution in [1.29, 1.82) is 0 Å². The zero-order valence-electron chi connectivity index (χ0n) is 10.2. The average molecular weight is 203 g/mol. The molecule has 0 saturated heterocycles. The third kappa shape index (κ3) is 7.30. The Hall–Kier alpha value is -0.120. The number of hydrogen-bond donors (Lipinski definition) is 1. The van der Waals surface area contributed by atoms with Crippen LogP contribution in [0, 0.1) is 0 Å². The molecule has 0 aromatic rings. The highest BCUT2D eigenvalue weighted by molar-refractivity contribution is 4.74. The SMILES string of the molecule is CCC(C)(C)NCCOC(C)COC. The van der Waals surface area contributed by atoms with E-state index in [0.29, 0.717) is 6.61 Å². The maximum atomic E-state index is 5.53. The van der Waals surface area contributed by atoms with Crippen LogP contribution in [0.15, 0.2) is 0 Å². The first kappa shape index (κ1) is 13.9. The normalized spacial score (nSPS) is 14.4. The van der Waals surface area contributed by atoms with Crippen molar-refractivity contribution >= 4 is 0 Å². The molecule has 0 aliphatic carbocycles. The second-order valence-corrected chi connectivity index (χ2v) is 4.30. The molecule has 0 aliphatic heterocycles. The van der Waals surface area contributed by atoms with E-state index in [-0.39, 0.29) is 11.6 Å². The van der Waals surface area contributed by atoms with Gasteiger partial charge in [-0.1, -0.05) is 6.92 Å². The van der Waals surface area contributed by atoms with Gasteiger partial charge >= 0.3 is 0 Å². The molecule has 0 aliphatic rings. The van der Waals surface area contributed by atoms with Gasteiger partial charge in [-0.05, 0) is 27.2 Å². The summed E-state index contributed by atoms with van der Waals surface area (Å²) in [5, 5.41) is 3.44. The van der Waals surface area contributed by atoms with E-state index >= 15 is 0 Å². The van der Waals surface area contributed by atoms with Crippen molar-refractivity contribution in [1.82, 2.24) is 5.32 Å². The van der Waals surface area contributed by atoms with Gasteiger partial charge in [-0.2, -0.15) is 0 Å². The monoisotopic (exact) mass is 203 g/mol. The van der Waals surface area contributed by atoms with Crippen LogP contribution >= 0.6 is 0 Å². The molecule has 0 saturated carbocycles. The zero-order chi connectivity index (χ0) is 11.0. The van der Waals surface area contributed by atoms with Crippen molar-refractivity contribution in [2.45, 2.75) is 45.8 Å². The molecule has 0 bridgehead atoms. The Bertz CT molecular complexity index is 137. The number of methoxy groups -OCH3 is 1. The average Bonchev–Trinajstić information content (AvgIpc) is 2.13. The van der Waals surface area contributed by atoms with E-state index in [4.69, 9.17) is 9.47 Å². The van der Waals surface area contributed by atoms with E-state index < -0.39 is 0 Å². The first-order chi connectivity index (χ1) is 6.52. The van der Waals surface area contributed by atoms with E-state index in [0.717, 1.165) is 19.6 Å². The second kappa shape index (κ2) is 7.21. The van der Waals surface area contributed by atoms with Crippen LogP contribution in [-0.4, -0.2) is 38.5 Å². The summed E-state index contributed by atoms with van der Waals surface area (Å²) in [4.78, 5) is 0. The minimum atomic E-state index is 0.187. The Balaban J connectivity index is 3.37. The molecule has 0 spiro atoms. The number of rotatable bonds is 8. The fourth-order valence-corrected chi connectivity index (χ4v) is 1.06. The second-order valence-electron chi connectivity index (χ2n) is 4.30. The lowest BCUT2D eigenvalue weighted by atomic mass is 10.0. The van der Waals surface area contributed by atoms with Gasteiger partial charge in [-0.3, -0.25) is 0 Å². The van der Waals surface area contributed by atoms with Gasteiger partial charge in [0.05, 0.1) is 19.3 Å². The minimum Gasteiger partial charge on any atom is -0.382 e. The highest BCUT2D eigenvalue weighted by Gasteiger charge is 2.12. The summed E-state index contributed by atoms with van der Waals surface area (Å²) >= 11 is 0. The molecule has 1 atom stereocenters. The fourth-order valence-electron chi connectivity index (χ4n) is 1.06. The summed E-state index contributed by atoms with van der Waals surface area (Å²) in [6, 6.07) is 0. The lowest BCUT2D eigenvalue weighted by molar-refractivity contribution is 0.00902. The number of hydrogen-bond acceptors (Lipinski definition) is 3. The summed E-state index contributed by atoms with van der Waals surface area (Å²) in [5.74, 6) is 0. The van der Waals surface area contributed by atoms with E-state index in [1.54, 1.807) is 7.11 Å². The lowest BCUT2D eigenvalue weighted by Crippen LogP contribution is -2.40. The molecule has 86 valence electrons. The molecule has 0 aromatic heterocycles. The number of ether oxygens (including phenoxy) is 2. The molecule has 0 fully saturated rings. The van der Waals surface area contributed by atoms with Crippen molar-refractivity contribution in [2.75, 3.05) is 26.9 Å². The van der Waals surface area contributed by atoms with Crippen LogP contribution in [0.2, 0.25) is 0 Å². The summed E-state index contributed by atoms with van der Waals surface area (Å²) < 4.78 is 10.5. The van der Waals surface area contributed by atoms with E-state index in [2.05, 4.69) is 26.1 Å². The first-order valence-electron chi connectivity index (χ1n) is 5.37. The quantitative estimate of drug-likeness (QED) is 0.610. The van der Waals surface area contributed by atoms with Gasteiger partial charge in [-0.15, -0.1) is 0 Å². The Morgan fingerprint density at radius 2 is 2.00 bits per heavy atom. The molecule has 3 nitrogen and oxygen atoms in total. The molecule has 0 amide bonds. The van der Waals surface area contributed by atoms with Gasteiger partial charge in [0.1, 0.15) is 0 Å². The van der Waals surface area contributed by atoms with Crippen LogP contribution < -0.4 is 5.32 Å². The van der Waals surface area contributed by atoms with Gasteiger partial charge in [0.2, 0.25) is 0 Å². The standard InChI is InChI=1S/C11H25NO2/c1-6-11(3,4)12-7-8-14-10(2)9-13-5/h10,12H,6-9H2,1-5H3. The maximum absolute atomic E-state index is 5.53. The van der Waals surface area contributed by atoms with Crippen LogP contribution in [0.5, 0.6) is 0 Å². The van der Waals surface area contributed by atoms with Crippen molar-refractivity contribution in [2.24, 2.45) is 0 Å². The highest BCUT2D eigenvalue weighted by Crippen LogP contribution is 2.05. The molecule has 0 radical (unpaired) electrons. The van der Waals surface area contributed by atoms with Crippen LogP contribution in [0.3, 0.4) is 0 Å². The van der Waals surface area contributed by atoms with Crippen molar-refractivity contribution in [3.8, 4) is 0 Å².